The van der Waals surface area contributed by atoms with Crippen molar-refractivity contribution in [2.75, 3.05) is 10.6 Å². The first kappa shape index (κ1) is 23.6. The summed E-state index contributed by atoms with van der Waals surface area (Å²) in [6.07, 6.45) is 2.62. The molecule has 0 bridgehead atoms. The molecule has 0 amide bonds. The van der Waals surface area contributed by atoms with Crippen LogP contribution in [0.3, 0.4) is 0 Å². The maximum absolute atomic E-state index is 13.5. The first-order valence-corrected chi connectivity index (χ1v) is 11.0. The second kappa shape index (κ2) is 11.0. The number of nitrogens with zero attached hydrogens (tertiary/aromatic N) is 2. The fourth-order valence-corrected chi connectivity index (χ4v) is 3.39. The molecular formula is C25H29F3N4. The van der Waals surface area contributed by atoms with Gasteiger partial charge in [-0.05, 0) is 54.7 Å². The van der Waals surface area contributed by atoms with E-state index in [-0.39, 0.29) is 11.8 Å². The highest BCUT2D eigenvalue weighted by Gasteiger charge is 2.35. The van der Waals surface area contributed by atoms with Gasteiger partial charge in [-0.1, -0.05) is 57.4 Å². The minimum absolute atomic E-state index is 0.0972. The Morgan fingerprint density at radius 3 is 1.91 bits per heavy atom. The SMILES string of the molecule is CCCCCc1ccc(Nc2nc(Nc3ccc(CCC)cc3)ncc2C(F)(F)F)cc1. The second-order valence-electron chi connectivity index (χ2n) is 7.80. The van der Waals surface area contributed by atoms with Gasteiger partial charge in [0.1, 0.15) is 11.4 Å². The summed E-state index contributed by atoms with van der Waals surface area (Å²) in [6, 6.07) is 15.1. The molecule has 0 unspecified atom stereocenters. The van der Waals surface area contributed by atoms with E-state index < -0.39 is 11.7 Å². The van der Waals surface area contributed by atoms with Gasteiger partial charge in [0, 0.05) is 17.6 Å². The number of unbranched alkanes of at least 4 members (excludes halogenated alkanes) is 2. The molecule has 1 heterocycles. The summed E-state index contributed by atoms with van der Waals surface area (Å²) in [4.78, 5) is 7.99. The Hall–Kier alpha value is -3.09. The van der Waals surface area contributed by atoms with E-state index in [0.717, 1.165) is 50.3 Å². The molecule has 0 aliphatic carbocycles. The van der Waals surface area contributed by atoms with Crippen molar-refractivity contribution in [2.24, 2.45) is 0 Å². The van der Waals surface area contributed by atoms with Gasteiger partial charge in [0.2, 0.25) is 5.95 Å². The molecule has 0 spiro atoms. The Bertz CT molecular complexity index is 984. The van der Waals surface area contributed by atoms with Crippen molar-refractivity contribution in [1.29, 1.82) is 0 Å². The maximum Gasteiger partial charge on any atom is 0.421 e. The number of nitrogens with one attached hydrogen (secondary N) is 2. The normalized spacial score (nSPS) is 11.4. The van der Waals surface area contributed by atoms with E-state index in [1.54, 1.807) is 12.1 Å². The van der Waals surface area contributed by atoms with E-state index in [9.17, 15) is 13.2 Å². The standard InChI is InChI=1S/C25H29F3N4/c1-3-5-6-8-19-11-13-20(14-12-19)30-23-22(25(26,27)28)17-29-24(32-23)31-21-15-9-18(7-4-2)10-16-21/h9-17H,3-8H2,1-2H3,(H2,29,30,31,32). The highest BCUT2D eigenvalue weighted by atomic mass is 19.4. The van der Waals surface area contributed by atoms with Crippen molar-refractivity contribution in [1.82, 2.24) is 9.97 Å². The van der Waals surface area contributed by atoms with Crippen LogP contribution < -0.4 is 10.6 Å². The van der Waals surface area contributed by atoms with Gasteiger partial charge in [-0.25, -0.2) is 4.98 Å². The summed E-state index contributed by atoms with van der Waals surface area (Å²) in [6.45, 7) is 4.26. The van der Waals surface area contributed by atoms with E-state index in [0.29, 0.717) is 11.4 Å². The molecule has 2 N–H and O–H groups in total. The van der Waals surface area contributed by atoms with Crippen LogP contribution in [0.2, 0.25) is 0 Å². The molecule has 0 atom stereocenters. The van der Waals surface area contributed by atoms with Crippen LogP contribution in [0.15, 0.2) is 54.7 Å². The zero-order valence-corrected chi connectivity index (χ0v) is 18.5. The highest BCUT2D eigenvalue weighted by molar-refractivity contribution is 5.63. The third-order valence-corrected chi connectivity index (χ3v) is 5.13. The molecule has 1 aromatic heterocycles. The summed E-state index contributed by atoms with van der Waals surface area (Å²) in [5, 5.41) is 5.80. The third-order valence-electron chi connectivity index (χ3n) is 5.13. The summed E-state index contributed by atoms with van der Waals surface area (Å²) < 4.78 is 40.6. The highest BCUT2D eigenvalue weighted by Crippen LogP contribution is 2.35. The number of hydrogen-bond acceptors (Lipinski definition) is 4. The predicted molar refractivity (Wildman–Crippen MR) is 124 cm³/mol. The Morgan fingerprint density at radius 1 is 0.750 bits per heavy atom. The molecule has 3 aromatic rings. The Morgan fingerprint density at radius 2 is 1.34 bits per heavy atom. The number of anilines is 4. The van der Waals surface area contributed by atoms with Crippen LogP contribution in [0.1, 0.15) is 56.2 Å². The first-order chi connectivity index (χ1) is 15.4. The lowest BCUT2D eigenvalue weighted by atomic mass is 10.1. The topological polar surface area (TPSA) is 49.8 Å². The summed E-state index contributed by atoms with van der Waals surface area (Å²) in [7, 11) is 0. The number of hydrogen-bond donors (Lipinski definition) is 2. The van der Waals surface area contributed by atoms with Crippen molar-refractivity contribution in [2.45, 2.75) is 58.5 Å². The van der Waals surface area contributed by atoms with E-state index in [2.05, 4.69) is 34.4 Å². The molecule has 0 aliphatic rings. The van der Waals surface area contributed by atoms with Gasteiger partial charge in [0.05, 0.1) is 0 Å². The van der Waals surface area contributed by atoms with Gasteiger partial charge in [-0.3, -0.25) is 0 Å². The summed E-state index contributed by atoms with van der Waals surface area (Å²) in [5.41, 5.74) is 2.71. The zero-order valence-electron chi connectivity index (χ0n) is 18.5. The smallest absolute Gasteiger partial charge is 0.340 e. The lowest BCUT2D eigenvalue weighted by molar-refractivity contribution is -0.137. The second-order valence-corrected chi connectivity index (χ2v) is 7.80. The monoisotopic (exact) mass is 442 g/mol. The lowest BCUT2D eigenvalue weighted by Gasteiger charge is -2.15. The lowest BCUT2D eigenvalue weighted by Crippen LogP contribution is -2.12. The van der Waals surface area contributed by atoms with Gasteiger partial charge >= 0.3 is 6.18 Å². The molecule has 0 saturated carbocycles. The molecule has 0 fully saturated rings. The fraction of sp³-hybridized carbons (Fsp3) is 0.360. The molecule has 0 aliphatic heterocycles. The van der Waals surface area contributed by atoms with Gasteiger partial charge < -0.3 is 10.6 Å². The van der Waals surface area contributed by atoms with Crippen molar-refractivity contribution >= 4 is 23.1 Å². The molecule has 32 heavy (non-hydrogen) atoms. The van der Waals surface area contributed by atoms with E-state index in [4.69, 9.17) is 0 Å². The van der Waals surface area contributed by atoms with Crippen LogP contribution in [0.5, 0.6) is 0 Å². The van der Waals surface area contributed by atoms with Crippen LogP contribution >= 0.6 is 0 Å². The van der Waals surface area contributed by atoms with E-state index >= 15 is 0 Å². The maximum atomic E-state index is 13.5. The summed E-state index contributed by atoms with van der Waals surface area (Å²) >= 11 is 0. The van der Waals surface area contributed by atoms with Crippen LogP contribution in [0.4, 0.5) is 36.3 Å². The van der Waals surface area contributed by atoms with Gasteiger partial charge in [0.25, 0.3) is 0 Å². The Labute approximate surface area is 187 Å². The van der Waals surface area contributed by atoms with Crippen molar-refractivity contribution in [3.63, 3.8) is 0 Å². The number of aryl methyl sites for hydroxylation is 2. The number of alkyl halides is 3. The first-order valence-electron chi connectivity index (χ1n) is 11.0. The number of benzene rings is 2. The van der Waals surface area contributed by atoms with E-state index in [1.165, 1.54) is 5.56 Å². The summed E-state index contributed by atoms with van der Waals surface area (Å²) in [5.74, 6) is -0.184. The van der Waals surface area contributed by atoms with Crippen molar-refractivity contribution < 1.29 is 13.2 Å². The van der Waals surface area contributed by atoms with Gasteiger partial charge in [0.15, 0.2) is 0 Å². The number of halogens is 3. The molecule has 0 saturated heterocycles. The van der Waals surface area contributed by atoms with Gasteiger partial charge in [-0.15, -0.1) is 0 Å². The molecule has 2 aromatic carbocycles. The van der Waals surface area contributed by atoms with Crippen LogP contribution in [0.25, 0.3) is 0 Å². The van der Waals surface area contributed by atoms with Crippen molar-refractivity contribution in [3.05, 3.63) is 71.4 Å². The van der Waals surface area contributed by atoms with E-state index in [1.807, 2.05) is 36.4 Å². The van der Waals surface area contributed by atoms with Crippen molar-refractivity contribution in [3.8, 4) is 0 Å². The third kappa shape index (κ3) is 6.70. The largest absolute Gasteiger partial charge is 0.421 e. The molecule has 0 radical (unpaired) electrons. The molecular weight excluding hydrogens is 413 g/mol. The van der Waals surface area contributed by atoms with Crippen LogP contribution in [-0.4, -0.2) is 9.97 Å². The quantitative estimate of drug-likeness (QED) is 0.316. The average Bonchev–Trinajstić information content (AvgIpc) is 2.76. The van der Waals surface area contributed by atoms with Gasteiger partial charge in [-0.2, -0.15) is 18.2 Å². The number of aromatic nitrogens is 2. The Kier molecular flexibility index (Phi) is 8.09. The fourth-order valence-electron chi connectivity index (χ4n) is 3.39. The Balaban J connectivity index is 1.78. The minimum Gasteiger partial charge on any atom is -0.340 e. The molecule has 3 rings (SSSR count). The van der Waals surface area contributed by atoms with Crippen LogP contribution in [0, 0.1) is 0 Å². The average molecular weight is 443 g/mol. The molecule has 170 valence electrons. The molecule has 7 heteroatoms. The minimum atomic E-state index is -4.57. The number of rotatable bonds is 10. The zero-order chi connectivity index (χ0) is 23.0. The predicted octanol–water partition coefficient (Wildman–Crippen LogP) is 7.67. The van der Waals surface area contributed by atoms with Crippen LogP contribution in [-0.2, 0) is 19.0 Å². The molecule has 4 nitrogen and oxygen atoms in total.